The lowest BCUT2D eigenvalue weighted by Gasteiger charge is -2.06. The number of hydrogen-bond acceptors (Lipinski definition) is 4. The van der Waals surface area contributed by atoms with Crippen LogP contribution in [-0.2, 0) is 0 Å². The third kappa shape index (κ3) is 3.54. The van der Waals surface area contributed by atoms with Crippen LogP contribution in [0.5, 0.6) is 0 Å². The maximum absolute atomic E-state index is 5.39. The van der Waals surface area contributed by atoms with Gasteiger partial charge in [0.05, 0.1) is 5.25 Å². The molecule has 5 heteroatoms. The lowest BCUT2D eigenvalue weighted by molar-refractivity contribution is 0.381. The average Bonchev–Trinajstić information content (AvgIpc) is 2.98. The Bertz CT molecular complexity index is 730. The molecule has 1 atom stereocenters. The van der Waals surface area contributed by atoms with Gasteiger partial charge in [-0.3, -0.25) is 0 Å². The van der Waals surface area contributed by atoms with Gasteiger partial charge in [-0.25, -0.2) is 0 Å². The van der Waals surface area contributed by atoms with Gasteiger partial charge in [0, 0.05) is 14.9 Å². The molecule has 1 unspecified atom stereocenters. The van der Waals surface area contributed by atoms with Crippen molar-refractivity contribution in [2.45, 2.75) is 17.1 Å². The molecule has 0 aliphatic carbocycles. The topological polar surface area (TPSA) is 38.9 Å². The number of hydrogen-bond donors (Lipinski definition) is 0. The van der Waals surface area contributed by atoms with E-state index in [4.69, 9.17) is 4.52 Å². The number of thioether (sulfide) groups is 1. The molecule has 0 fully saturated rings. The standard InChI is InChI=1S/C16H13BrN2OS/c1-11(21-14-9-5-8-13(17)10-14)16-18-15(19-20-16)12-6-3-2-4-7-12/h2-11H,1H3. The number of rotatable bonds is 4. The van der Waals surface area contributed by atoms with Crippen LogP contribution < -0.4 is 0 Å². The molecule has 1 heterocycles. The molecular formula is C16H13BrN2OS. The third-order valence-electron chi connectivity index (χ3n) is 2.93. The smallest absolute Gasteiger partial charge is 0.240 e. The van der Waals surface area contributed by atoms with Crippen LogP contribution >= 0.6 is 27.7 Å². The minimum atomic E-state index is 0.101. The molecule has 0 bridgehead atoms. The van der Waals surface area contributed by atoms with Crippen molar-refractivity contribution >= 4 is 27.7 Å². The molecule has 0 saturated heterocycles. The molecule has 3 nitrogen and oxygen atoms in total. The van der Waals surface area contributed by atoms with E-state index in [1.54, 1.807) is 11.8 Å². The Balaban J connectivity index is 1.77. The van der Waals surface area contributed by atoms with Gasteiger partial charge in [-0.2, -0.15) is 4.98 Å². The van der Waals surface area contributed by atoms with E-state index in [2.05, 4.69) is 45.1 Å². The van der Waals surface area contributed by atoms with E-state index in [-0.39, 0.29) is 5.25 Å². The highest BCUT2D eigenvalue weighted by atomic mass is 79.9. The first-order valence-corrected chi connectivity index (χ1v) is 8.21. The summed E-state index contributed by atoms with van der Waals surface area (Å²) in [7, 11) is 0. The second kappa shape index (κ2) is 6.45. The quantitative estimate of drug-likeness (QED) is 0.587. The van der Waals surface area contributed by atoms with Crippen LogP contribution in [0.25, 0.3) is 11.4 Å². The predicted molar refractivity (Wildman–Crippen MR) is 88.1 cm³/mol. The van der Waals surface area contributed by atoms with E-state index >= 15 is 0 Å². The summed E-state index contributed by atoms with van der Waals surface area (Å²) in [5, 5.41) is 4.16. The molecule has 0 radical (unpaired) electrons. The molecule has 0 aliphatic heterocycles. The first kappa shape index (κ1) is 14.4. The summed E-state index contributed by atoms with van der Waals surface area (Å²) in [6.07, 6.45) is 0. The van der Waals surface area contributed by atoms with Crippen molar-refractivity contribution in [1.82, 2.24) is 10.1 Å². The van der Waals surface area contributed by atoms with Gasteiger partial charge in [0.25, 0.3) is 0 Å². The first-order valence-electron chi connectivity index (χ1n) is 6.53. The molecule has 106 valence electrons. The van der Waals surface area contributed by atoms with Crippen LogP contribution in [0, 0.1) is 0 Å². The fourth-order valence-electron chi connectivity index (χ4n) is 1.90. The Labute approximate surface area is 135 Å². The molecule has 3 aromatic rings. The SMILES string of the molecule is CC(Sc1cccc(Br)c1)c1nc(-c2ccccc2)no1. The highest BCUT2D eigenvalue weighted by Gasteiger charge is 2.16. The van der Waals surface area contributed by atoms with Crippen molar-refractivity contribution in [1.29, 1.82) is 0 Å². The number of benzene rings is 2. The van der Waals surface area contributed by atoms with Gasteiger partial charge in [0.15, 0.2) is 0 Å². The number of halogens is 1. The van der Waals surface area contributed by atoms with Crippen LogP contribution in [0.1, 0.15) is 18.1 Å². The van der Waals surface area contributed by atoms with Crippen molar-refractivity contribution in [2.24, 2.45) is 0 Å². The summed E-state index contributed by atoms with van der Waals surface area (Å²) in [5.41, 5.74) is 0.965. The molecule has 0 aliphatic rings. The summed E-state index contributed by atoms with van der Waals surface area (Å²) < 4.78 is 6.45. The van der Waals surface area contributed by atoms with E-state index in [9.17, 15) is 0 Å². The maximum atomic E-state index is 5.39. The van der Waals surface area contributed by atoms with E-state index in [0.29, 0.717) is 11.7 Å². The van der Waals surface area contributed by atoms with Crippen LogP contribution in [0.3, 0.4) is 0 Å². The number of nitrogens with zero attached hydrogens (tertiary/aromatic N) is 2. The minimum Gasteiger partial charge on any atom is -0.338 e. The zero-order chi connectivity index (χ0) is 14.7. The van der Waals surface area contributed by atoms with Crippen molar-refractivity contribution in [3.63, 3.8) is 0 Å². The molecule has 21 heavy (non-hydrogen) atoms. The zero-order valence-electron chi connectivity index (χ0n) is 11.4. The van der Waals surface area contributed by atoms with Gasteiger partial charge in [-0.15, -0.1) is 11.8 Å². The Morgan fingerprint density at radius 2 is 1.90 bits per heavy atom. The van der Waals surface area contributed by atoms with Crippen LogP contribution in [0.2, 0.25) is 0 Å². The first-order chi connectivity index (χ1) is 10.2. The highest BCUT2D eigenvalue weighted by molar-refractivity contribution is 9.10. The molecule has 0 amide bonds. The number of aromatic nitrogens is 2. The largest absolute Gasteiger partial charge is 0.338 e. The molecule has 1 aromatic heterocycles. The van der Waals surface area contributed by atoms with Crippen molar-refractivity contribution in [2.75, 3.05) is 0 Å². The maximum Gasteiger partial charge on any atom is 0.240 e. The lowest BCUT2D eigenvalue weighted by atomic mass is 10.2. The fraction of sp³-hybridized carbons (Fsp3) is 0.125. The Hall–Kier alpha value is -1.59. The Morgan fingerprint density at radius 3 is 2.67 bits per heavy atom. The minimum absolute atomic E-state index is 0.101. The highest BCUT2D eigenvalue weighted by Crippen LogP contribution is 2.35. The van der Waals surface area contributed by atoms with E-state index in [1.807, 2.05) is 42.5 Å². The summed E-state index contributed by atoms with van der Waals surface area (Å²) in [5.74, 6) is 1.27. The second-order valence-electron chi connectivity index (χ2n) is 4.54. The van der Waals surface area contributed by atoms with Crippen LogP contribution in [0.4, 0.5) is 0 Å². The lowest BCUT2D eigenvalue weighted by Crippen LogP contribution is -1.89. The summed E-state index contributed by atoms with van der Waals surface area (Å²) in [6, 6.07) is 18.0. The summed E-state index contributed by atoms with van der Waals surface area (Å²) >= 11 is 5.17. The van der Waals surface area contributed by atoms with Gasteiger partial charge in [-0.1, -0.05) is 57.5 Å². The van der Waals surface area contributed by atoms with Gasteiger partial charge >= 0.3 is 0 Å². The van der Waals surface area contributed by atoms with Gasteiger partial charge in [0.2, 0.25) is 11.7 Å². The third-order valence-corrected chi connectivity index (χ3v) is 4.50. The molecule has 0 N–H and O–H groups in total. The van der Waals surface area contributed by atoms with Crippen molar-refractivity contribution in [3.05, 3.63) is 65.0 Å². The summed E-state index contributed by atoms with van der Waals surface area (Å²) in [6.45, 7) is 2.06. The van der Waals surface area contributed by atoms with Gasteiger partial charge < -0.3 is 4.52 Å². The van der Waals surface area contributed by atoms with Crippen LogP contribution in [-0.4, -0.2) is 10.1 Å². The van der Waals surface area contributed by atoms with Gasteiger partial charge in [-0.05, 0) is 25.1 Å². The van der Waals surface area contributed by atoms with Gasteiger partial charge in [0.1, 0.15) is 0 Å². The molecule has 2 aromatic carbocycles. The monoisotopic (exact) mass is 360 g/mol. The molecule has 0 saturated carbocycles. The van der Waals surface area contributed by atoms with E-state index in [1.165, 1.54) is 0 Å². The predicted octanol–water partition coefficient (Wildman–Crippen LogP) is 5.35. The molecular weight excluding hydrogens is 348 g/mol. The average molecular weight is 361 g/mol. The van der Waals surface area contributed by atoms with Crippen molar-refractivity contribution < 1.29 is 4.52 Å². The summed E-state index contributed by atoms with van der Waals surface area (Å²) in [4.78, 5) is 5.65. The second-order valence-corrected chi connectivity index (χ2v) is 6.87. The Morgan fingerprint density at radius 1 is 1.10 bits per heavy atom. The van der Waals surface area contributed by atoms with E-state index in [0.717, 1.165) is 14.9 Å². The normalized spacial score (nSPS) is 12.3. The Kier molecular flexibility index (Phi) is 4.41. The fourth-order valence-corrected chi connectivity index (χ4v) is 3.41. The van der Waals surface area contributed by atoms with Crippen molar-refractivity contribution in [3.8, 4) is 11.4 Å². The van der Waals surface area contributed by atoms with Crippen LogP contribution in [0.15, 0.2) is 68.5 Å². The zero-order valence-corrected chi connectivity index (χ0v) is 13.8. The van der Waals surface area contributed by atoms with E-state index < -0.39 is 0 Å². The molecule has 3 rings (SSSR count). The molecule has 0 spiro atoms.